The third kappa shape index (κ3) is 5.38. The summed E-state index contributed by atoms with van der Waals surface area (Å²) in [5.41, 5.74) is 1.26. The van der Waals surface area contributed by atoms with Gasteiger partial charge in [-0.2, -0.15) is 11.3 Å². The van der Waals surface area contributed by atoms with Gasteiger partial charge in [0, 0.05) is 26.1 Å². The molecule has 1 aliphatic rings. The Hall–Kier alpha value is -1.56. The maximum Gasteiger partial charge on any atom is 0.317 e. The number of thiophene rings is 1. The molecule has 0 aliphatic carbocycles. The number of carbonyl (C=O) groups is 2. The molecule has 2 amide bonds. The number of hydrogen-bond acceptors (Lipinski definition) is 3. The van der Waals surface area contributed by atoms with E-state index in [4.69, 9.17) is 5.11 Å². The van der Waals surface area contributed by atoms with Crippen LogP contribution in [0.3, 0.4) is 0 Å². The monoisotopic (exact) mass is 310 g/mol. The van der Waals surface area contributed by atoms with E-state index in [1.807, 2.05) is 10.3 Å². The molecular weight excluding hydrogens is 288 g/mol. The lowest BCUT2D eigenvalue weighted by molar-refractivity contribution is -0.137. The molecule has 5 nitrogen and oxygen atoms in total. The molecule has 0 saturated carbocycles. The first-order valence-corrected chi connectivity index (χ1v) is 8.35. The summed E-state index contributed by atoms with van der Waals surface area (Å²) in [6.07, 6.45) is 3.64. The van der Waals surface area contributed by atoms with E-state index in [9.17, 15) is 9.59 Å². The average Bonchev–Trinajstić information content (AvgIpc) is 2.99. The molecule has 116 valence electrons. The third-order valence-electron chi connectivity index (χ3n) is 3.94. The van der Waals surface area contributed by atoms with E-state index in [1.54, 1.807) is 11.3 Å². The smallest absolute Gasteiger partial charge is 0.317 e. The fourth-order valence-corrected chi connectivity index (χ4v) is 3.32. The summed E-state index contributed by atoms with van der Waals surface area (Å²) < 4.78 is 0. The molecule has 2 heterocycles. The minimum atomic E-state index is -0.733. The predicted molar refractivity (Wildman–Crippen MR) is 82.6 cm³/mol. The number of piperidine rings is 1. The van der Waals surface area contributed by atoms with Gasteiger partial charge in [-0.25, -0.2) is 4.79 Å². The van der Waals surface area contributed by atoms with Gasteiger partial charge in [0.1, 0.15) is 0 Å². The molecule has 0 atom stereocenters. The Bertz CT molecular complexity index is 453. The van der Waals surface area contributed by atoms with Crippen LogP contribution in [0, 0.1) is 5.92 Å². The molecule has 0 radical (unpaired) electrons. The van der Waals surface area contributed by atoms with Crippen LogP contribution in [0.4, 0.5) is 4.79 Å². The highest BCUT2D eigenvalue weighted by Gasteiger charge is 2.22. The molecule has 0 aromatic carbocycles. The summed E-state index contributed by atoms with van der Waals surface area (Å²) in [7, 11) is 0. The van der Waals surface area contributed by atoms with Crippen molar-refractivity contribution in [1.82, 2.24) is 10.2 Å². The number of aliphatic carboxylic acids is 1. The van der Waals surface area contributed by atoms with Crippen LogP contribution in [0.2, 0.25) is 0 Å². The Morgan fingerprint density at radius 2 is 2.14 bits per heavy atom. The number of nitrogens with zero attached hydrogens (tertiary/aromatic N) is 1. The average molecular weight is 310 g/mol. The van der Waals surface area contributed by atoms with Crippen molar-refractivity contribution in [2.75, 3.05) is 19.6 Å². The second-order valence-electron chi connectivity index (χ2n) is 5.48. The van der Waals surface area contributed by atoms with E-state index in [0.717, 1.165) is 38.8 Å². The Labute approximate surface area is 129 Å². The Morgan fingerprint density at radius 3 is 2.76 bits per heavy atom. The lowest BCUT2D eigenvalue weighted by Gasteiger charge is -2.31. The van der Waals surface area contributed by atoms with Gasteiger partial charge in [0.25, 0.3) is 0 Å². The van der Waals surface area contributed by atoms with Crippen LogP contribution >= 0.6 is 11.3 Å². The molecule has 1 aromatic rings. The number of carboxylic acid groups (broad SMARTS) is 1. The zero-order valence-corrected chi connectivity index (χ0v) is 12.9. The predicted octanol–water partition coefficient (Wildman–Crippen LogP) is 2.58. The number of carboxylic acids is 1. The number of likely N-dealkylation sites (tertiary alicyclic amines) is 1. The van der Waals surface area contributed by atoms with Crippen LogP contribution in [0.1, 0.15) is 31.2 Å². The number of hydrogen-bond donors (Lipinski definition) is 2. The Morgan fingerprint density at radius 1 is 1.38 bits per heavy atom. The van der Waals surface area contributed by atoms with Gasteiger partial charge in [-0.3, -0.25) is 4.79 Å². The molecule has 2 N–H and O–H groups in total. The minimum absolute atomic E-state index is 0.00177. The largest absolute Gasteiger partial charge is 0.481 e. The number of carbonyl (C=O) groups excluding carboxylic acids is 1. The van der Waals surface area contributed by atoms with Gasteiger partial charge in [-0.15, -0.1) is 0 Å². The molecule has 0 unspecified atom stereocenters. The van der Waals surface area contributed by atoms with E-state index in [0.29, 0.717) is 12.5 Å². The first-order valence-electron chi connectivity index (χ1n) is 7.41. The van der Waals surface area contributed by atoms with Gasteiger partial charge in [-0.05, 0) is 54.0 Å². The van der Waals surface area contributed by atoms with Crippen molar-refractivity contribution in [3.63, 3.8) is 0 Å². The van der Waals surface area contributed by atoms with Crippen LogP contribution in [0.15, 0.2) is 16.8 Å². The van der Waals surface area contributed by atoms with Gasteiger partial charge in [0.15, 0.2) is 0 Å². The van der Waals surface area contributed by atoms with Crippen LogP contribution in [-0.4, -0.2) is 41.6 Å². The first kappa shape index (κ1) is 15.8. The van der Waals surface area contributed by atoms with Crippen LogP contribution in [0.5, 0.6) is 0 Å². The highest BCUT2D eigenvalue weighted by atomic mass is 32.1. The fraction of sp³-hybridized carbons (Fsp3) is 0.600. The van der Waals surface area contributed by atoms with Crippen LogP contribution < -0.4 is 5.32 Å². The lowest BCUT2D eigenvalue weighted by atomic mass is 9.92. The molecular formula is C15H22N2O3S. The molecule has 0 spiro atoms. The topological polar surface area (TPSA) is 69.6 Å². The van der Waals surface area contributed by atoms with Crippen molar-refractivity contribution >= 4 is 23.3 Å². The SMILES string of the molecule is O=C(O)CCC1CCN(C(=O)NCCc2ccsc2)CC1. The van der Waals surface area contributed by atoms with Gasteiger partial charge in [0.2, 0.25) is 0 Å². The van der Waals surface area contributed by atoms with Crippen molar-refractivity contribution in [3.8, 4) is 0 Å². The van der Waals surface area contributed by atoms with E-state index >= 15 is 0 Å². The van der Waals surface area contributed by atoms with Crippen molar-refractivity contribution in [2.45, 2.75) is 32.1 Å². The van der Waals surface area contributed by atoms with E-state index < -0.39 is 5.97 Å². The lowest BCUT2D eigenvalue weighted by Crippen LogP contribution is -2.45. The van der Waals surface area contributed by atoms with Crippen molar-refractivity contribution in [2.24, 2.45) is 5.92 Å². The highest BCUT2D eigenvalue weighted by Crippen LogP contribution is 2.21. The summed E-state index contributed by atoms with van der Waals surface area (Å²) in [6, 6.07) is 2.08. The zero-order chi connectivity index (χ0) is 15.1. The van der Waals surface area contributed by atoms with Crippen LogP contribution in [-0.2, 0) is 11.2 Å². The van der Waals surface area contributed by atoms with Gasteiger partial charge in [0.05, 0.1) is 0 Å². The number of urea groups is 1. The second kappa shape index (κ2) is 8.02. The Kier molecular flexibility index (Phi) is 6.04. The highest BCUT2D eigenvalue weighted by molar-refractivity contribution is 7.07. The summed E-state index contributed by atoms with van der Waals surface area (Å²) in [4.78, 5) is 24.4. The fourth-order valence-electron chi connectivity index (χ4n) is 2.61. The standard InChI is InChI=1S/C15H22N2O3S/c18-14(19)2-1-12-4-8-17(9-5-12)15(20)16-7-3-13-6-10-21-11-13/h6,10-12H,1-5,7-9H2,(H,16,20)(H,18,19). The first-order chi connectivity index (χ1) is 10.1. The maximum atomic E-state index is 12.0. The molecule has 6 heteroatoms. The number of nitrogens with one attached hydrogen (secondary N) is 1. The van der Waals surface area contributed by atoms with E-state index in [-0.39, 0.29) is 12.5 Å². The molecule has 1 aromatic heterocycles. The van der Waals surface area contributed by atoms with Crippen LogP contribution in [0.25, 0.3) is 0 Å². The molecule has 1 fully saturated rings. The second-order valence-corrected chi connectivity index (χ2v) is 6.26. The third-order valence-corrected chi connectivity index (χ3v) is 4.67. The summed E-state index contributed by atoms with van der Waals surface area (Å²) >= 11 is 1.67. The summed E-state index contributed by atoms with van der Waals surface area (Å²) in [5.74, 6) is -0.292. The maximum absolute atomic E-state index is 12.0. The molecule has 1 aliphatic heterocycles. The molecule has 0 bridgehead atoms. The number of rotatable bonds is 6. The zero-order valence-electron chi connectivity index (χ0n) is 12.1. The normalized spacial score (nSPS) is 15.9. The van der Waals surface area contributed by atoms with Gasteiger partial charge >= 0.3 is 12.0 Å². The van der Waals surface area contributed by atoms with E-state index in [1.165, 1.54) is 5.56 Å². The molecule has 21 heavy (non-hydrogen) atoms. The molecule has 1 saturated heterocycles. The van der Waals surface area contributed by atoms with Crippen molar-refractivity contribution in [3.05, 3.63) is 22.4 Å². The molecule has 2 rings (SSSR count). The van der Waals surface area contributed by atoms with Gasteiger partial charge < -0.3 is 15.3 Å². The minimum Gasteiger partial charge on any atom is -0.481 e. The summed E-state index contributed by atoms with van der Waals surface area (Å²) in [6.45, 7) is 2.12. The quantitative estimate of drug-likeness (QED) is 0.848. The Balaban J connectivity index is 1.62. The van der Waals surface area contributed by atoms with Crippen molar-refractivity contribution < 1.29 is 14.7 Å². The van der Waals surface area contributed by atoms with Gasteiger partial charge in [-0.1, -0.05) is 0 Å². The number of amides is 2. The summed E-state index contributed by atoms with van der Waals surface area (Å²) in [5, 5.41) is 15.8. The van der Waals surface area contributed by atoms with E-state index in [2.05, 4.69) is 16.8 Å². The van der Waals surface area contributed by atoms with Crippen molar-refractivity contribution in [1.29, 1.82) is 0 Å².